The normalized spacial score (nSPS) is 14.6. The Morgan fingerprint density at radius 1 is 1.28 bits per heavy atom. The molecular formula is C16H25NO. The quantitative estimate of drug-likeness (QED) is 0.757. The van der Waals surface area contributed by atoms with E-state index in [9.17, 15) is 5.11 Å². The standard InChI is InChI=1S/C16H25NO/c1-6-9-17-15(11(2)3)16(18)14-8-7-12(4)13(5)10-14/h6-8,10-11,15-18H,1,9H2,2-5H3. The zero-order chi connectivity index (χ0) is 13.7. The molecule has 1 aromatic rings. The number of hydrogen-bond acceptors (Lipinski definition) is 2. The van der Waals surface area contributed by atoms with Gasteiger partial charge in [0.15, 0.2) is 0 Å². The van der Waals surface area contributed by atoms with Crippen molar-refractivity contribution in [3.8, 4) is 0 Å². The SMILES string of the molecule is C=CCNC(C(C)C)C(O)c1ccc(C)c(C)c1. The first-order valence-electron chi connectivity index (χ1n) is 6.57. The van der Waals surface area contributed by atoms with E-state index in [2.05, 4.69) is 51.7 Å². The van der Waals surface area contributed by atoms with Crippen molar-refractivity contribution in [2.75, 3.05) is 6.54 Å². The molecule has 2 atom stereocenters. The lowest BCUT2D eigenvalue weighted by molar-refractivity contribution is 0.107. The second kappa shape index (κ2) is 6.72. The number of benzene rings is 1. The van der Waals surface area contributed by atoms with Crippen LogP contribution in [-0.4, -0.2) is 17.7 Å². The zero-order valence-electron chi connectivity index (χ0n) is 11.9. The van der Waals surface area contributed by atoms with Crippen LogP contribution in [0.15, 0.2) is 30.9 Å². The van der Waals surface area contributed by atoms with E-state index >= 15 is 0 Å². The molecule has 0 saturated carbocycles. The molecule has 0 heterocycles. The third-order valence-electron chi connectivity index (χ3n) is 3.43. The highest BCUT2D eigenvalue weighted by Crippen LogP contribution is 2.23. The Labute approximate surface area is 111 Å². The maximum atomic E-state index is 10.5. The molecule has 2 unspecified atom stereocenters. The van der Waals surface area contributed by atoms with Gasteiger partial charge >= 0.3 is 0 Å². The number of hydrogen-bond donors (Lipinski definition) is 2. The van der Waals surface area contributed by atoms with Crippen molar-refractivity contribution in [2.45, 2.75) is 39.8 Å². The van der Waals surface area contributed by atoms with Gasteiger partial charge in [-0.1, -0.05) is 38.1 Å². The Morgan fingerprint density at radius 2 is 1.94 bits per heavy atom. The maximum Gasteiger partial charge on any atom is 0.0945 e. The number of aliphatic hydroxyl groups excluding tert-OH is 1. The van der Waals surface area contributed by atoms with Crippen molar-refractivity contribution >= 4 is 0 Å². The van der Waals surface area contributed by atoms with Gasteiger partial charge in [-0.05, 0) is 36.5 Å². The first-order chi connectivity index (χ1) is 8.47. The predicted molar refractivity (Wildman–Crippen MR) is 77.7 cm³/mol. The summed E-state index contributed by atoms with van der Waals surface area (Å²) in [4.78, 5) is 0. The van der Waals surface area contributed by atoms with Gasteiger partial charge in [0.2, 0.25) is 0 Å². The Bertz CT molecular complexity index is 398. The molecule has 0 fully saturated rings. The molecule has 0 aliphatic carbocycles. The molecule has 1 rings (SSSR count). The fourth-order valence-electron chi connectivity index (χ4n) is 2.09. The van der Waals surface area contributed by atoms with Gasteiger partial charge in [-0.2, -0.15) is 0 Å². The van der Waals surface area contributed by atoms with E-state index in [1.165, 1.54) is 11.1 Å². The van der Waals surface area contributed by atoms with Crippen LogP contribution in [0.1, 0.15) is 36.6 Å². The summed E-state index contributed by atoms with van der Waals surface area (Å²) in [7, 11) is 0. The van der Waals surface area contributed by atoms with E-state index in [1.54, 1.807) is 0 Å². The van der Waals surface area contributed by atoms with Crippen LogP contribution in [0.25, 0.3) is 0 Å². The molecule has 1 aromatic carbocycles. The van der Waals surface area contributed by atoms with Gasteiger partial charge in [0.1, 0.15) is 0 Å². The fraction of sp³-hybridized carbons (Fsp3) is 0.500. The second-order valence-corrected chi connectivity index (χ2v) is 5.26. The molecule has 2 N–H and O–H groups in total. The van der Waals surface area contributed by atoms with Gasteiger partial charge in [0.05, 0.1) is 6.10 Å². The molecule has 100 valence electrons. The average molecular weight is 247 g/mol. The van der Waals surface area contributed by atoms with Crippen LogP contribution >= 0.6 is 0 Å². The molecule has 0 aliphatic rings. The van der Waals surface area contributed by atoms with Crippen LogP contribution < -0.4 is 5.32 Å². The largest absolute Gasteiger partial charge is 0.387 e. The zero-order valence-corrected chi connectivity index (χ0v) is 11.9. The average Bonchev–Trinajstić information content (AvgIpc) is 2.32. The fourth-order valence-corrected chi connectivity index (χ4v) is 2.09. The molecule has 0 bridgehead atoms. The summed E-state index contributed by atoms with van der Waals surface area (Å²) in [5.74, 6) is 0.363. The molecule has 2 nitrogen and oxygen atoms in total. The van der Waals surface area contributed by atoms with Crippen LogP contribution in [0, 0.1) is 19.8 Å². The maximum absolute atomic E-state index is 10.5. The smallest absolute Gasteiger partial charge is 0.0945 e. The molecule has 0 saturated heterocycles. The van der Waals surface area contributed by atoms with E-state index in [0.29, 0.717) is 12.5 Å². The van der Waals surface area contributed by atoms with Crippen LogP contribution in [0.2, 0.25) is 0 Å². The number of rotatable bonds is 6. The first-order valence-corrected chi connectivity index (χ1v) is 6.57. The van der Waals surface area contributed by atoms with Gasteiger partial charge in [0, 0.05) is 12.6 Å². The van der Waals surface area contributed by atoms with E-state index in [1.807, 2.05) is 12.1 Å². The highest BCUT2D eigenvalue weighted by atomic mass is 16.3. The summed E-state index contributed by atoms with van der Waals surface area (Å²) < 4.78 is 0. The minimum atomic E-state index is -0.482. The van der Waals surface area contributed by atoms with Crippen molar-refractivity contribution < 1.29 is 5.11 Å². The summed E-state index contributed by atoms with van der Waals surface area (Å²) in [6.45, 7) is 12.8. The van der Waals surface area contributed by atoms with Crippen molar-refractivity contribution in [1.82, 2.24) is 5.32 Å². The Hall–Kier alpha value is -1.12. The van der Waals surface area contributed by atoms with Gasteiger partial charge in [0.25, 0.3) is 0 Å². The lowest BCUT2D eigenvalue weighted by atomic mass is 9.92. The van der Waals surface area contributed by atoms with E-state index in [0.717, 1.165) is 5.56 Å². The third-order valence-corrected chi connectivity index (χ3v) is 3.43. The molecule has 18 heavy (non-hydrogen) atoms. The topological polar surface area (TPSA) is 32.3 Å². The van der Waals surface area contributed by atoms with E-state index in [-0.39, 0.29) is 6.04 Å². The lowest BCUT2D eigenvalue weighted by Gasteiger charge is -2.28. The molecule has 0 aliphatic heterocycles. The van der Waals surface area contributed by atoms with E-state index in [4.69, 9.17) is 0 Å². The van der Waals surface area contributed by atoms with Gasteiger partial charge in [-0.15, -0.1) is 6.58 Å². The summed E-state index contributed by atoms with van der Waals surface area (Å²) in [5, 5.41) is 13.8. The van der Waals surface area contributed by atoms with Crippen LogP contribution in [0.3, 0.4) is 0 Å². The number of nitrogens with one attached hydrogen (secondary N) is 1. The molecular weight excluding hydrogens is 222 g/mol. The van der Waals surface area contributed by atoms with Crippen molar-refractivity contribution in [3.05, 3.63) is 47.5 Å². The Kier molecular flexibility index (Phi) is 5.57. The number of aryl methyl sites for hydroxylation is 2. The van der Waals surface area contributed by atoms with Gasteiger partial charge in [-0.3, -0.25) is 0 Å². The molecule has 2 heteroatoms. The molecule has 0 aromatic heterocycles. The predicted octanol–water partition coefficient (Wildman–Crippen LogP) is 3.14. The monoisotopic (exact) mass is 247 g/mol. The Balaban J connectivity index is 2.90. The van der Waals surface area contributed by atoms with Crippen molar-refractivity contribution in [2.24, 2.45) is 5.92 Å². The highest BCUT2D eigenvalue weighted by Gasteiger charge is 2.23. The second-order valence-electron chi connectivity index (χ2n) is 5.26. The lowest BCUT2D eigenvalue weighted by Crippen LogP contribution is -2.39. The Morgan fingerprint density at radius 3 is 2.44 bits per heavy atom. The van der Waals surface area contributed by atoms with Gasteiger partial charge < -0.3 is 10.4 Å². The third kappa shape index (κ3) is 3.69. The minimum absolute atomic E-state index is 0.0464. The molecule has 0 amide bonds. The van der Waals surface area contributed by atoms with E-state index < -0.39 is 6.10 Å². The minimum Gasteiger partial charge on any atom is -0.387 e. The van der Waals surface area contributed by atoms with Crippen molar-refractivity contribution in [1.29, 1.82) is 0 Å². The number of aliphatic hydroxyl groups is 1. The van der Waals surface area contributed by atoms with Crippen LogP contribution in [0.5, 0.6) is 0 Å². The molecule has 0 spiro atoms. The summed E-state index contributed by atoms with van der Waals surface area (Å²) in [6, 6.07) is 6.20. The highest BCUT2D eigenvalue weighted by molar-refractivity contribution is 5.31. The first kappa shape index (κ1) is 14.9. The summed E-state index contributed by atoms with van der Waals surface area (Å²) in [5.41, 5.74) is 3.46. The van der Waals surface area contributed by atoms with Crippen molar-refractivity contribution in [3.63, 3.8) is 0 Å². The molecule has 0 radical (unpaired) electrons. The van der Waals surface area contributed by atoms with Crippen LogP contribution in [-0.2, 0) is 0 Å². The summed E-state index contributed by atoms with van der Waals surface area (Å²) in [6.07, 6.45) is 1.34. The van der Waals surface area contributed by atoms with Gasteiger partial charge in [-0.25, -0.2) is 0 Å². The summed E-state index contributed by atoms with van der Waals surface area (Å²) >= 11 is 0. The van der Waals surface area contributed by atoms with Crippen LogP contribution in [0.4, 0.5) is 0 Å².